The van der Waals surface area contributed by atoms with E-state index in [9.17, 15) is 32.3 Å². The summed E-state index contributed by atoms with van der Waals surface area (Å²) in [6.45, 7) is 5.60. The van der Waals surface area contributed by atoms with Crippen LogP contribution in [0, 0.1) is 11.8 Å². The van der Waals surface area contributed by atoms with Crippen molar-refractivity contribution in [3.63, 3.8) is 0 Å². The summed E-state index contributed by atoms with van der Waals surface area (Å²) < 4.78 is 59.1. The minimum Gasteiger partial charge on any atom is -0.667 e. The second-order valence-corrected chi connectivity index (χ2v) is 11.5. The molecule has 2 atom stereocenters. The molecule has 43 heavy (non-hydrogen) atoms. The number of alkyl halides is 4. The van der Waals surface area contributed by atoms with Crippen LogP contribution in [0.4, 0.5) is 17.6 Å². The van der Waals surface area contributed by atoms with E-state index in [1.807, 2.05) is 20.8 Å². The smallest absolute Gasteiger partial charge is 0.667 e. The summed E-state index contributed by atoms with van der Waals surface area (Å²) in [5.41, 5.74) is 0.675. The van der Waals surface area contributed by atoms with Crippen molar-refractivity contribution in [3.8, 4) is 0 Å². The molecule has 17 heteroatoms. The largest absolute Gasteiger partial charge is 2.00 e. The number of halogens is 4. The van der Waals surface area contributed by atoms with Gasteiger partial charge in [0.05, 0.1) is 23.7 Å². The summed E-state index contributed by atoms with van der Waals surface area (Å²) in [4.78, 5) is 31.3. The normalized spacial score (nSPS) is 19.7. The summed E-state index contributed by atoms with van der Waals surface area (Å²) in [7, 11) is 0. The molecule has 2 saturated carbocycles. The molecule has 1 unspecified atom stereocenters. The molecule has 0 aliphatic heterocycles. The average Bonchev–Trinajstić information content (AvgIpc) is 3.29. The van der Waals surface area contributed by atoms with Gasteiger partial charge in [-0.2, -0.15) is 17.9 Å². The number of aliphatic hydroxyl groups is 1. The Morgan fingerprint density at radius 3 is 2.47 bits per heavy atom. The SMILES string of the molecule is CC(C)(C)O[C-]=NON.O=[C-]NC(c1cn2ncc([C@@H](O)NC(=O)CC3CC(F)(F)C3)cc2n1)C1CCC(F)(F)CC1.[Fe+2]. The Morgan fingerprint density at radius 1 is 1.26 bits per heavy atom. The predicted octanol–water partition coefficient (Wildman–Crippen LogP) is 3.30. The fourth-order valence-corrected chi connectivity index (χ4v) is 4.77. The van der Waals surface area contributed by atoms with Gasteiger partial charge in [-0.05, 0) is 51.5 Å². The van der Waals surface area contributed by atoms with Gasteiger partial charge in [0, 0.05) is 43.7 Å². The molecule has 2 amide bonds. The molecular formula is C26H35F4FeN7O5. The number of ether oxygens (including phenoxy) is 1. The van der Waals surface area contributed by atoms with Gasteiger partial charge in [0.25, 0.3) is 0 Å². The molecule has 4 rings (SSSR count). The molecule has 0 saturated heterocycles. The topological polar surface area (TPSA) is 165 Å². The van der Waals surface area contributed by atoms with E-state index in [0.717, 1.165) is 0 Å². The average molecular weight is 657 g/mol. The van der Waals surface area contributed by atoms with Crippen molar-refractivity contribution < 1.29 is 59.0 Å². The fraction of sp³-hybridized carbons (Fsp3) is 0.654. The molecule has 0 aromatic carbocycles. The summed E-state index contributed by atoms with van der Waals surface area (Å²) in [5, 5.41) is 22.4. The number of fused-ring (bicyclic) bond motifs is 1. The van der Waals surface area contributed by atoms with E-state index in [-0.39, 0.29) is 79.1 Å². The molecule has 0 spiro atoms. The number of amides is 2. The molecule has 2 fully saturated rings. The van der Waals surface area contributed by atoms with Crippen molar-refractivity contribution in [2.24, 2.45) is 22.9 Å². The van der Waals surface area contributed by atoms with Crippen LogP contribution in [0.25, 0.3) is 5.65 Å². The number of hydrogen-bond donors (Lipinski definition) is 4. The molecule has 2 aromatic rings. The van der Waals surface area contributed by atoms with Crippen LogP contribution in [-0.4, -0.2) is 55.9 Å². The standard InChI is InChI=1S/C21H24F4N5O3.C5H11N2O2.Fe/c22-20(23)3-1-13(2-4-20)18(26-11-31)15-10-30-16(28-15)6-14(9-27-30)19(33)29-17(32)5-12-7-21(24,25)8-12;1-5(2,3)8-4-7-9-6;/h6,9-10,12-13,18-19,33H,1-5,7-8H2,(H,26,31)(H,29,32);6H2,1-3H3;/q2*-1;+2/t18?,19-;;/m1../s1. The molecule has 2 aliphatic rings. The van der Waals surface area contributed by atoms with Crippen molar-refractivity contribution in [1.82, 2.24) is 25.2 Å². The van der Waals surface area contributed by atoms with Crippen LogP contribution in [0.2, 0.25) is 0 Å². The van der Waals surface area contributed by atoms with Crippen molar-refractivity contribution in [2.45, 2.75) is 95.4 Å². The second-order valence-electron chi connectivity index (χ2n) is 11.5. The summed E-state index contributed by atoms with van der Waals surface area (Å²) >= 11 is 0. The van der Waals surface area contributed by atoms with Crippen LogP contribution >= 0.6 is 0 Å². The zero-order chi connectivity index (χ0) is 31.1. The van der Waals surface area contributed by atoms with E-state index in [0.29, 0.717) is 11.3 Å². The molecule has 240 valence electrons. The molecular weight excluding hydrogens is 622 g/mol. The first-order chi connectivity index (χ1) is 19.6. The number of carbonyl (C=O) groups excluding carboxylic acids is 2. The van der Waals surface area contributed by atoms with Gasteiger partial charge in [-0.25, -0.2) is 32.2 Å². The van der Waals surface area contributed by atoms with Crippen molar-refractivity contribution in [1.29, 1.82) is 0 Å². The van der Waals surface area contributed by atoms with Gasteiger partial charge in [0.2, 0.25) is 17.8 Å². The van der Waals surface area contributed by atoms with E-state index >= 15 is 0 Å². The Balaban J connectivity index is 0.000000563. The quantitative estimate of drug-likeness (QED) is 0.0442. The number of aliphatic hydroxyl groups excluding tert-OH is 1. The number of imidazole rings is 1. The minimum absolute atomic E-state index is 0. The van der Waals surface area contributed by atoms with Gasteiger partial charge < -0.3 is 30.2 Å². The molecule has 12 nitrogen and oxygen atoms in total. The summed E-state index contributed by atoms with van der Waals surface area (Å²) in [6.07, 6.45) is 4.35. The van der Waals surface area contributed by atoms with E-state index in [4.69, 9.17) is 4.74 Å². The number of rotatable bonds is 10. The van der Waals surface area contributed by atoms with Crippen LogP contribution in [0.3, 0.4) is 0 Å². The minimum atomic E-state index is -2.72. The van der Waals surface area contributed by atoms with Crippen LogP contribution in [0.5, 0.6) is 0 Å². The molecule has 2 aliphatic carbocycles. The maximum atomic E-state index is 13.5. The number of nitrogens with two attached hydrogens (primary N) is 1. The molecule has 2 heterocycles. The molecule has 0 bridgehead atoms. The molecule has 0 radical (unpaired) electrons. The van der Waals surface area contributed by atoms with Gasteiger partial charge in [0.1, 0.15) is 0 Å². The fourth-order valence-electron chi connectivity index (χ4n) is 4.77. The van der Waals surface area contributed by atoms with E-state index < -0.39 is 35.9 Å². The number of aromatic nitrogens is 3. The second kappa shape index (κ2) is 15.1. The van der Waals surface area contributed by atoms with E-state index in [1.54, 1.807) is 12.6 Å². The van der Waals surface area contributed by atoms with Crippen molar-refractivity contribution in [3.05, 3.63) is 29.7 Å². The predicted molar refractivity (Wildman–Crippen MR) is 140 cm³/mol. The summed E-state index contributed by atoms with van der Waals surface area (Å²) in [5.74, 6) is -2.08. The first-order valence-electron chi connectivity index (χ1n) is 13.3. The first kappa shape index (κ1) is 36.2. The maximum absolute atomic E-state index is 13.5. The third-order valence-corrected chi connectivity index (χ3v) is 6.83. The van der Waals surface area contributed by atoms with E-state index in [1.165, 1.54) is 16.8 Å². The number of nitrogens with one attached hydrogen (secondary N) is 2. The van der Waals surface area contributed by atoms with Gasteiger partial charge in [-0.1, -0.05) is 0 Å². The van der Waals surface area contributed by atoms with Crippen LogP contribution in [-0.2, 0) is 36.3 Å². The zero-order valence-electron chi connectivity index (χ0n) is 23.8. The maximum Gasteiger partial charge on any atom is 2.00 e. The molecule has 2 aromatic heterocycles. The Hall–Kier alpha value is -3.01. The third kappa shape index (κ3) is 11.2. The van der Waals surface area contributed by atoms with Gasteiger partial charge >= 0.3 is 17.1 Å². The monoisotopic (exact) mass is 657 g/mol. The first-order valence-corrected chi connectivity index (χ1v) is 13.3. The van der Waals surface area contributed by atoms with Gasteiger partial charge in [0.15, 0.2) is 11.9 Å². The number of hydrogen-bond acceptors (Lipinski definition) is 9. The van der Waals surface area contributed by atoms with Gasteiger partial charge in [-0.15, -0.1) is 5.90 Å². The van der Waals surface area contributed by atoms with E-state index in [2.05, 4.69) is 43.1 Å². The third-order valence-electron chi connectivity index (χ3n) is 6.83. The Morgan fingerprint density at radius 2 is 1.91 bits per heavy atom. The number of carbonyl (C=O) groups is 1. The molecule has 5 N–H and O–H groups in total. The Bertz CT molecular complexity index is 1230. The van der Waals surface area contributed by atoms with Crippen molar-refractivity contribution >= 4 is 24.4 Å². The van der Waals surface area contributed by atoms with Crippen LogP contribution in [0.15, 0.2) is 23.6 Å². The zero-order valence-corrected chi connectivity index (χ0v) is 24.9. The Labute approximate surface area is 256 Å². The van der Waals surface area contributed by atoms with Crippen molar-refractivity contribution in [2.75, 3.05) is 0 Å². The van der Waals surface area contributed by atoms with Crippen LogP contribution in [0.1, 0.15) is 89.2 Å². The Kier molecular flexibility index (Phi) is 12.7. The van der Waals surface area contributed by atoms with Gasteiger partial charge in [-0.3, -0.25) is 4.79 Å². The summed E-state index contributed by atoms with van der Waals surface area (Å²) in [6, 6.07) is 0.865. The van der Waals surface area contributed by atoms with Crippen LogP contribution < -0.4 is 16.5 Å². The number of nitrogens with zero attached hydrogens (tertiary/aromatic N) is 4.